The van der Waals surface area contributed by atoms with Crippen molar-refractivity contribution < 1.29 is 4.52 Å². The molecule has 0 spiro atoms. The highest BCUT2D eigenvalue weighted by Crippen LogP contribution is 2.29. The van der Waals surface area contributed by atoms with Crippen molar-refractivity contribution in [3.63, 3.8) is 0 Å². The third-order valence-electron chi connectivity index (χ3n) is 3.10. The van der Waals surface area contributed by atoms with Gasteiger partial charge in [-0.2, -0.15) is 4.98 Å². The molecular formula is C11H13N5O. The minimum absolute atomic E-state index is 0.0620. The Bertz CT molecular complexity index is 504. The van der Waals surface area contributed by atoms with Crippen LogP contribution in [-0.2, 0) is 5.41 Å². The molecule has 1 atom stereocenters. The summed E-state index contributed by atoms with van der Waals surface area (Å²) in [6.07, 6.45) is 5.87. The molecule has 3 heterocycles. The van der Waals surface area contributed by atoms with Crippen LogP contribution >= 0.6 is 0 Å². The summed E-state index contributed by atoms with van der Waals surface area (Å²) in [7, 11) is 0. The van der Waals surface area contributed by atoms with Crippen molar-refractivity contribution in [1.82, 2.24) is 25.4 Å². The van der Waals surface area contributed by atoms with Gasteiger partial charge in [0.1, 0.15) is 5.69 Å². The van der Waals surface area contributed by atoms with Crippen molar-refractivity contribution >= 4 is 0 Å². The van der Waals surface area contributed by atoms with Crippen molar-refractivity contribution in [2.24, 2.45) is 0 Å². The highest BCUT2D eigenvalue weighted by Gasteiger charge is 2.36. The predicted octanol–water partition coefficient (Wildman–Crippen LogP) is 0.778. The Morgan fingerprint density at radius 2 is 2.35 bits per heavy atom. The van der Waals surface area contributed by atoms with Gasteiger partial charge in [0.15, 0.2) is 0 Å². The maximum absolute atomic E-state index is 5.34. The largest absolute Gasteiger partial charge is 0.338 e. The molecule has 1 saturated heterocycles. The van der Waals surface area contributed by atoms with Crippen molar-refractivity contribution in [1.29, 1.82) is 0 Å². The summed E-state index contributed by atoms with van der Waals surface area (Å²) in [5.74, 6) is 1.17. The minimum atomic E-state index is -0.0620. The van der Waals surface area contributed by atoms with Gasteiger partial charge in [0, 0.05) is 18.9 Å². The summed E-state index contributed by atoms with van der Waals surface area (Å²) in [6.45, 7) is 3.98. The molecule has 2 aromatic rings. The number of nitrogens with zero attached hydrogens (tertiary/aromatic N) is 4. The molecule has 0 aliphatic carbocycles. The van der Waals surface area contributed by atoms with E-state index in [4.69, 9.17) is 4.52 Å². The lowest BCUT2D eigenvalue weighted by molar-refractivity contribution is 0.306. The van der Waals surface area contributed by atoms with Gasteiger partial charge in [-0.25, -0.2) is 4.98 Å². The Morgan fingerprint density at radius 3 is 3.06 bits per heavy atom. The van der Waals surface area contributed by atoms with Gasteiger partial charge in [0.25, 0.3) is 0 Å². The highest BCUT2D eigenvalue weighted by molar-refractivity contribution is 5.45. The first-order valence-electron chi connectivity index (χ1n) is 5.59. The van der Waals surface area contributed by atoms with Gasteiger partial charge in [-0.05, 0) is 19.9 Å². The molecular weight excluding hydrogens is 218 g/mol. The second-order valence-corrected chi connectivity index (χ2v) is 4.50. The molecule has 0 bridgehead atoms. The van der Waals surface area contributed by atoms with Crippen molar-refractivity contribution in [2.45, 2.75) is 18.8 Å². The number of hydrogen-bond acceptors (Lipinski definition) is 6. The second-order valence-electron chi connectivity index (χ2n) is 4.50. The molecule has 1 aliphatic heterocycles. The van der Waals surface area contributed by atoms with Crippen LogP contribution in [0.3, 0.4) is 0 Å². The molecule has 2 aromatic heterocycles. The van der Waals surface area contributed by atoms with E-state index in [0.717, 1.165) is 19.5 Å². The van der Waals surface area contributed by atoms with Crippen LogP contribution in [0.15, 0.2) is 23.1 Å². The maximum atomic E-state index is 5.34. The molecule has 0 radical (unpaired) electrons. The molecule has 6 nitrogen and oxygen atoms in total. The van der Waals surface area contributed by atoms with Crippen LogP contribution in [0.4, 0.5) is 0 Å². The van der Waals surface area contributed by atoms with Gasteiger partial charge in [-0.3, -0.25) is 4.98 Å². The topological polar surface area (TPSA) is 76.7 Å². The van der Waals surface area contributed by atoms with Gasteiger partial charge in [0.2, 0.25) is 11.7 Å². The summed E-state index contributed by atoms with van der Waals surface area (Å²) in [5.41, 5.74) is 0.574. The molecule has 17 heavy (non-hydrogen) atoms. The van der Waals surface area contributed by atoms with Crippen LogP contribution in [0.1, 0.15) is 19.2 Å². The van der Waals surface area contributed by atoms with E-state index in [0.29, 0.717) is 17.4 Å². The normalized spacial score (nSPS) is 24.1. The zero-order chi connectivity index (χ0) is 11.7. The first-order chi connectivity index (χ1) is 8.28. The number of hydrogen-bond donors (Lipinski definition) is 1. The fourth-order valence-corrected chi connectivity index (χ4v) is 1.99. The minimum Gasteiger partial charge on any atom is -0.338 e. The van der Waals surface area contributed by atoms with Crippen molar-refractivity contribution in [2.75, 3.05) is 13.1 Å². The van der Waals surface area contributed by atoms with E-state index in [-0.39, 0.29) is 5.41 Å². The van der Waals surface area contributed by atoms with Gasteiger partial charge >= 0.3 is 0 Å². The number of nitrogens with one attached hydrogen (secondary N) is 1. The third kappa shape index (κ3) is 1.80. The van der Waals surface area contributed by atoms with E-state index >= 15 is 0 Å². The highest BCUT2D eigenvalue weighted by atomic mass is 16.5. The lowest BCUT2D eigenvalue weighted by Gasteiger charge is -2.15. The summed E-state index contributed by atoms with van der Waals surface area (Å²) in [5, 5.41) is 7.26. The van der Waals surface area contributed by atoms with Crippen molar-refractivity contribution in [3.8, 4) is 11.5 Å². The van der Waals surface area contributed by atoms with Crippen LogP contribution in [0, 0.1) is 0 Å². The van der Waals surface area contributed by atoms with Crippen LogP contribution < -0.4 is 5.32 Å². The second kappa shape index (κ2) is 3.89. The van der Waals surface area contributed by atoms with Gasteiger partial charge in [-0.1, -0.05) is 5.16 Å². The SMILES string of the molecule is CC1(c2nc(-c3cnccn3)no2)CCNC1. The number of rotatable bonds is 2. The smallest absolute Gasteiger partial charge is 0.234 e. The van der Waals surface area contributed by atoms with Crippen LogP contribution in [-0.4, -0.2) is 33.2 Å². The van der Waals surface area contributed by atoms with Crippen LogP contribution in [0.2, 0.25) is 0 Å². The van der Waals surface area contributed by atoms with Crippen molar-refractivity contribution in [3.05, 3.63) is 24.5 Å². The zero-order valence-electron chi connectivity index (χ0n) is 9.55. The molecule has 1 aliphatic rings. The Balaban J connectivity index is 1.93. The average Bonchev–Trinajstić information content (AvgIpc) is 2.99. The average molecular weight is 231 g/mol. The molecule has 0 saturated carbocycles. The molecule has 1 N–H and O–H groups in total. The maximum Gasteiger partial charge on any atom is 0.234 e. The Kier molecular flexibility index (Phi) is 2.36. The molecule has 1 unspecified atom stereocenters. The van der Waals surface area contributed by atoms with E-state index in [1.807, 2.05) is 0 Å². The number of aromatic nitrogens is 4. The lowest BCUT2D eigenvalue weighted by Crippen LogP contribution is -2.25. The zero-order valence-corrected chi connectivity index (χ0v) is 9.55. The Hall–Kier alpha value is -1.82. The Labute approximate surface area is 98.5 Å². The summed E-state index contributed by atoms with van der Waals surface area (Å²) >= 11 is 0. The summed E-state index contributed by atoms with van der Waals surface area (Å²) < 4.78 is 5.34. The third-order valence-corrected chi connectivity index (χ3v) is 3.10. The van der Waals surface area contributed by atoms with Crippen LogP contribution in [0.25, 0.3) is 11.5 Å². The Morgan fingerprint density at radius 1 is 1.41 bits per heavy atom. The van der Waals surface area contributed by atoms with E-state index < -0.39 is 0 Å². The molecule has 88 valence electrons. The predicted molar refractivity (Wildman–Crippen MR) is 60.2 cm³/mol. The van der Waals surface area contributed by atoms with Gasteiger partial charge in [-0.15, -0.1) is 0 Å². The quantitative estimate of drug-likeness (QED) is 0.823. The lowest BCUT2D eigenvalue weighted by atomic mass is 9.90. The van der Waals surface area contributed by atoms with E-state index in [1.54, 1.807) is 18.6 Å². The molecule has 3 rings (SSSR count). The fraction of sp³-hybridized carbons (Fsp3) is 0.455. The monoisotopic (exact) mass is 231 g/mol. The van der Waals surface area contributed by atoms with E-state index in [2.05, 4.69) is 32.3 Å². The summed E-state index contributed by atoms with van der Waals surface area (Å²) in [6, 6.07) is 0. The fourth-order valence-electron chi connectivity index (χ4n) is 1.99. The summed E-state index contributed by atoms with van der Waals surface area (Å²) in [4.78, 5) is 12.6. The molecule has 6 heteroatoms. The van der Waals surface area contributed by atoms with E-state index in [1.165, 1.54) is 0 Å². The molecule has 0 aromatic carbocycles. The van der Waals surface area contributed by atoms with Gasteiger partial charge < -0.3 is 9.84 Å². The van der Waals surface area contributed by atoms with E-state index in [9.17, 15) is 0 Å². The standard InChI is InChI=1S/C11H13N5O/c1-11(2-3-13-7-11)10-15-9(16-17-10)8-6-12-4-5-14-8/h4-6,13H,2-3,7H2,1H3. The molecule has 1 fully saturated rings. The van der Waals surface area contributed by atoms with Crippen LogP contribution in [0.5, 0.6) is 0 Å². The molecule has 0 amide bonds. The first-order valence-corrected chi connectivity index (χ1v) is 5.59. The van der Waals surface area contributed by atoms with Gasteiger partial charge in [0.05, 0.1) is 11.6 Å². The first kappa shape index (κ1) is 10.3.